The lowest BCUT2D eigenvalue weighted by Gasteiger charge is -2.09. The monoisotopic (exact) mass is 467 g/mol. The maximum absolute atomic E-state index is 12.7. The average Bonchev–Trinajstić information content (AvgIpc) is 2.88. The molecule has 0 unspecified atom stereocenters. The van der Waals surface area contributed by atoms with Gasteiger partial charge in [0.15, 0.2) is 0 Å². The van der Waals surface area contributed by atoms with Gasteiger partial charge in [-0.05, 0) is 78.1 Å². The number of carbonyl (C=O) groups is 1. The van der Waals surface area contributed by atoms with Crippen molar-refractivity contribution in [2.75, 3.05) is 0 Å². The van der Waals surface area contributed by atoms with E-state index in [1.807, 2.05) is 24.3 Å². The van der Waals surface area contributed by atoms with Crippen LogP contribution in [0.15, 0.2) is 66.7 Å². The molecule has 0 aliphatic carbocycles. The Bertz CT molecular complexity index is 1120. The molecule has 0 bridgehead atoms. The quantitative estimate of drug-likeness (QED) is 0.152. The van der Waals surface area contributed by atoms with E-state index in [9.17, 15) is 10.1 Å². The highest BCUT2D eigenvalue weighted by Gasteiger charge is 2.13. The maximum Gasteiger partial charge on any atom is 0.343 e. The molecular formula is C32H37NO2. The Labute approximate surface area is 210 Å². The molecule has 0 aliphatic heterocycles. The second kappa shape index (κ2) is 13.5. The van der Waals surface area contributed by atoms with Crippen molar-refractivity contribution in [2.45, 2.75) is 72.1 Å². The molecule has 3 rings (SSSR count). The molecule has 35 heavy (non-hydrogen) atoms. The molecule has 3 nitrogen and oxygen atoms in total. The van der Waals surface area contributed by atoms with E-state index in [1.165, 1.54) is 37.7 Å². The number of esters is 1. The van der Waals surface area contributed by atoms with E-state index in [0.717, 1.165) is 36.0 Å². The number of aryl methyl sites for hydroxylation is 2. The van der Waals surface area contributed by atoms with Crippen molar-refractivity contribution in [3.05, 3.63) is 89.0 Å². The van der Waals surface area contributed by atoms with E-state index in [-0.39, 0.29) is 0 Å². The van der Waals surface area contributed by atoms with Gasteiger partial charge in [-0.2, -0.15) is 5.26 Å². The van der Waals surface area contributed by atoms with Crippen molar-refractivity contribution < 1.29 is 9.53 Å². The summed E-state index contributed by atoms with van der Waals surface area (Å²) in [6.07, 6.45) is 9.27. The third kappa shape index (κ3) is 8.11. The fraction of sp³-hybridized carbons (Fsp3) is 0.375. The number of hydrogen-bond acceptors (Lipinski definition) is 3. The molecule has 0 atom stereocenters. The van der Waals surface area contributed by atoms with Crippen LogP contribution in [0.4, 0.5) is 0 Å². The van der Waals surface area contributed by atoms with Gasteiger partial charge in [-0.1, -0.05) is 88.9 Å². The smallest absolute Gasteiger partial charge is 0.343 e. The largest absolute Gasteiger partial charge is 0.422 e. The van der Waals surface area contributed by atoms with E-state index in [0.29, 0.717) is 22.8 Å². The standard InChI is InChI=1S/C32H37NO2/c1-4-5-6-7-8-9-26-14-21-31(30(22-26)23-33)35-32(34)29-19-17-28(18-20-29)27-15-12-25(13-16-27)11-10-24(2)3/h12-22,24H,4-11H2,1-3H3. The topological polar surface area (TPSA) is 50.1 Å². The second-order valence-corrected chi connectivity index (χ2v) is 9.70. The van der Waals surface area contributed by atoms with Crippen molar-refractivity contribution in [1.82, 2.24) is 0 Å². The van der Waals surface area contributed by atoms with Gasteiger partial charge >= 0.3 is 5.97 Å². The van der Waals surface area contributed by atoms with Crippen molar-refractivity contribution in [1.29, 1.82) is 5.26 Å². The van der Waals surface area contributed by atoms with E-state index in [1.54, 1.807) is 18.2 Å². The Kier molecular flexibility index (Phi) is 10.1. The zero-order valence-electron chi connectivity index (χ0n) is 21.3. The summed E-state index contributed by atoms with van der Waals surface area (Å²) in [4.78, 5) is 12.7. The van der Waals surface area contributed by atoms with Crippen LogP contribution in [-0.2, 0) is 12.8 Å². The lowest BCUT2D eigenvalue weighted by molar-refractivity contribution is 0.0734. The minimum atomic E-state index is -0.454. The van der Waals surface area contributed by atoms with Crippen LogP contribution in [0.25, 0.3) is 11.1 Å². The van der Waals surface area contributed by atoms with Gasteiger partial charge < -0.3 is 4.74 Å². The van der Waals surface area contributed by atoms with Crippen LogP contribution in [0, 0.1) is 17.2 Å². The Morgan fingerprint density at radius 3 is 2.09 bits per heavy atom. The summed E-state index contributed by atoms with van der Waals surface area (Å²) in [5.74, 6) is 0.558. The molecule has 0 amide bonds. The van der Waals surface area contributed by atoms with Crippen molar-refractivity contribution >= 4 is 5.97 Å². The van der Waals surface area contributed by atoms with Gasteiger partial charge in [0.2, 0.25) is 0 Å². The summed E-state index contributed by atoms with van der Waals surface area (Å²) in [6, 6.07) is 23.8. The third-order valence-corrected chi connectivity index (χ3v) is 6.35. The molecule has 3 aromatic carbocycles. The normalized spacial score (nSPS) is 10.8. The van der Waals surface area contributed by atoms with Crippen molar-refractivity contribution in [2.24, 2.45) is 5.92 Å². The summed E-state index contributed by atoms with van der Waals surface area (Å²) in [5, 5.41) is 9.57. The zero-order valence-corrected chi connectivity index (χ0v) is 21.3. The molecule has 0 saturated carbocycles. The number of hydrogen-bond donors (Lipinski definition) is 0. The van der Waals surface area contributed by atoms with Gasteiger partial charge in [0.25, 0.3) is 0 Å². The van der Waals surface area contributed by atoms with Crippen LogP contribution >= 0.6 is 0 Å². The first-order chi connectivity index (χ1) is 17.0. The summed E-state index contributed by atoms with van der Waals surface area (Å²) >= 11 is 0. The minimum Gasteiger partial charge on any atom is -0.422 e. The molecule has 0 spiro atoms. The predicted octanol–water partition coefficient (Wildman–Crippen LogP) is 8.55. The van der Waals surface area contributed by atoms with Crippen molar-refractivity contribution in [3.63, 3.8) is 0 Å². The van der Waals surface area contributed by atoms with Gasteiger partial charge in [0.1, 0.15) is 11.8 Å². The van der Waals surface area contributed by atoms with Crippen LogP contribution in [0.5, 0.6) is 5.75 Å². The highest BCUT2D eigenvalue weighted by molar-refractivity contribution is 5.92. The summed E-state index contributed by atoms with van der Waals surface area (Å²) in [5.41, 5.74) is 5.49. The second-order valence-electron chi connectivity index (χ2n) is 9.70. The molecule has 0 aromatic heterocycles. The van der Waals surface area contributed by atoms with E-state index in [2.05, 4.69) is 51.1 Å². The Morgan fingerprint density at radius 1 is 0.829 bits per heavy atom. The molecule has 0 N–H and O–H groups in total. The first kappa shape index (κ1) is 26.2. The first-order valence-electron chi connectivity index (χ1n) is 12.9. The van der Waals surface area contributed by atoms with E-state index in [4.69, 9.17) is 4.74 Å². The minimum absolute atomic E-state index is 0.313. The SMILES string of the molecule is CCCCCCCc1ccc(OC(=O)c2ccc(-c3ccc(CCC(C)C)cc3)cc2)c(C#N)c1. The van der Waals surface area contributed by atoms with E-state index < -0.39 is 5.97 Å². The van der Waals surface area contributed by atoms with Crippen LogP contribution in [-0.4, -0.2) is 5.97 Å². The van der Waals surface area contributed by atoms with Gasteiger partial charge in [-0.3, -0.25) is 0 Å². The van der Waals surface area contributed by atoms with Crippen LogP contribution in [0.3, 0.4) is 0 Å². The van der Waals surface area contributed by atoms with Crippen LogP contribution < -0.4 is 4.74 Å². The van der Waals surface area contributed by atoms with Gasteiger partial charge in [-0.15, -0.1) is 0 Å². The van der Waals surface area contributed by atoms with Crippen LogP contribution in [0.2, 0.25) is 0 Å². The summed E-state index contributed by atoms with van der Waals surface area (Å²) < 4.78 is 5.58. The maximum atomic E-state index is 12.7. The lowest BCUT2D eigenvalue weighted by atomic mass is 9.99. The fourth-order valence-electron chi connectivity index (χ4n) is 4.12. The van der Waals surface area contributed by atoms with E-state index >= 15 is 0 Å². The summed E-state index contributed by atoms with van der Waals surface area (Å²) in [7, 11) is 0. The number of nitrogens with zero attached hydrogens (tertiary/aromatic N) is 1. The predicted molar refractivity (Wildman–Crippen MR) is 144 cm³/mol. The highest BCUT2D eigenvalue weighted by Crippen LogP contribution is 2.24. The molecule has 3 aromatic rings. The van der Waals surface area contributed by atoms with Crippen LogP contribution in [0.1, 0.15) is 86.3 Å². The summed E-state index contributed by atoms with van der Waals surface area (Å²) in [6.45, 7) is 6.70. The number of nitriles is 1. The average molecular weight is 468 g/mol. The molecule has 0 heterocycles. The molecule has 0 aliphatic rings. The number of rotatable bonds is 12. The number of carbonyl (C=O) groups excluding carboxylic acids is 1. The van der Waals surface area contributed by atoms with Gasteiger partial charge in [0.05, 0.1) is 11.1 Å². The zero-order chi connectivity index (χ0) is 25.0. The first-order valence-corrected chi connectivity index (χ1v) is 12.9. The number of unbranched alkanes of at least 4 members (excludes halogenated alkanes) is 4. The molecule has 0 fully saturated rings. The van der Waals surface area contributed by atoms with Gasteiger partial charge in [-0.25, -0.2) is 4.79 Å². The number of ether oxygens (including phenoxy) is 1. The highest BCUT2D eigenvalue weighted by atomic mass is 16.5. The van der Waals surface area contributed by atoms with Gasteiger partial charge in [0, 0.05) is 0 Å². The molecule has 3 heteroatoms. The Morgan fingerprint density at radius 2 is 1.46 bits per heavy atom. The third-order valence-electron chi connectivity index (χ3n) is 6.35. The molecular weight excluding hydrogens is 430 g/mol. The molecule has 0 radical (unpaired) electrons. The van der Waals surface area contributed by atoms with Crippen molar-refractivity contribution in [3.8, 4) is 22.9 Å². The molecule has 182 valence electrons. The lowest BCUT2D eigenvalue weighted by Crippen LogP contribution is -2.09. The fourth-order valence-corrected chi connectivity index (χ4v) is 4.12. The Hall–Kier alpha value is -3.38. The molecule has 0 saturated heterocycles. The Balaban J connectivity index is 1.60. The number of benzene rings is 3.